The van der Waals surface area contributed by atoms with E-state index < -0.39 is 6.10 Å². The summed E-state index contributed by atoms with van der Waals surface area (Å²) < 4.78 is 5.68. The molecule has 0 saturated heterocycles. The number of aryl methyl sites for hydroxylation is 1. The van der Waals surface area contributed by atoms with Crippen LogP contribution in [0.2, 0.25) is 5.02 Å². The van der Waals surface area contributed by atoms with Gasteiger partial charge in [-0.05, 0) is 32.0 Å². The van der Waals surface area contributed by atoms with Gasteiger partial charge in [0, 0.05) is 16.0 Å². The summed E-state index contributed by atoms with van der Waals surface area (Å²) in [5, 5.41) is 13.2. The van der Waals surface area contributed by atoms with Crippen molar-refractivity contribution in [3.8, 4) is 5.75 Å². The highest BCUT2D eigenvalue weighted by molar-refractivity contribution is 7.09. The number of aliphatic hydroxyl groups is 1. The molecule has 5 heteroatoms. The zero-order valence-electron chi connectivity index (χ0n) is 10.2. The molecule has 0 bridgehead atoms. The van der Waals surface area contributed by atoms with E-state index in [0.29, 0.717) is 22.9 Å². The van der Waals surface area contributed by atoms with E-state index >= 15 is 0 Å². The third-order valence-corrected chi connectivity index (χ3v) is 3.52. The molecule has 1 atom stereocenters. The zero-order chi connectivity index (χ0) is 13.1. The van der Waals surface area contributed by atoms with Crippen molar-refractivity contribution in [1.29, 1.82) is 0 Å². The summed E-state index contributed by atoms with van der Waals surface area (Å²) in [5.74, 6) is 0.639. The van der Waals surface area contributed by atoms with Crippen molar-refractivity contribution in [3.05, 3.63) is 44.9 Å². The molecule has 18 heavy (non-hydrogen) atoms. The fourth-order valence-electron chi connectivity index (χ4n) is 1.60. The van der Waals surface area contributed by atoms with E-state index in [2.05, 4.69) is 4.98 Å². The number of thiazole rings is 1. The van der Waals surface area contributed by atoms with E-state index in [4.69, 9.17) is 16.3 Å². The number of aromatic nitrogens is 1. The second-order valence-electron chi connectivity index (χ2n) is 4.00. The van der Waals surface area contributed by atoms with Crippen LogP contribution in [0.1, 0.15) is 29.3 Å². The Kier molecular flexibility index (Phi) is 4.22. The van der Waals surface area contributed by atoms with Gasteiger partial charge < -0.3 is 9.84 Å². The minimum absolute atomic E-state index is 0.395. The van der Waals surface area contributed by atoms with Crippen LogP contribution in [0.25, 0.3) is 0 Å². The van der Waals surface area contributed by atoms with E-state index in [-0.39, 0.29) is 0 Å². The molecule has 0 fully saturated rings. The first-order valence-electron chi connectivity index (χ1n) is 5.57. The van der Waals surface area contributed by atoms with E-state index in [1.54, 1.807) is 36.5 Å². The van der Waals surface area contributed by atoms with Crippen LogP contribution in [0.4, 0.5) is 0 Å². The molecule has 1 heterocycles. The van der Waals surface area contributed by atoms with E-state index in [1.807, 2.05) is 12.3 Å². The maximum absolute atomic E-state index is 9.68. The van der Waals surface area contributed by atoms with Gasteiger partial charge in [-0.3, -0.25) is 0 Å². The van der Waals surface area contributed by atoms with Crippen LogP contribution in [-0.4, -0.2) is 10.1 Å². The smallest absolute Gasteiger partial charge is 0.131 e. The minimum Gasteiger partial charge on any atom is -0.487 e. The summed E-state index contributed by atoms with van der Waals surface area (Å²) in [6.45, 7) is 4.04. The second kappa shape index (κ2) is 5.69. The van der Waals surface area contributed by atoms with Gasteiger partial charge in [0.15, 0.2) is 0 Å². The molecule has 3 nitrogen and oxygen atoms in total. The maximum atomic E-state index is 9.68. The molecule has 0 amide bonds. The summed E-state index contributed by atoms with van der Waals surface area (Å²) in [6, 6.07) is 5.23. The predicted molar refractivity (Wildman–Crippen MR) is 73.3 cm³/mol. The average molecular weight is 284 g/mol. The second-order valence-corrected chi connectivity index (χ2v) is 5.50. The quantitative estimate of drug-likeness (QED) is 0.929. The van der Waals surface area contributed by atoms with Crippen LogP contribution in [0.3, 0.4) is 0 Å². The first-order valence-corrected chi connectivity index (χ1v) is 6.83. The summed E-state index contributed by atoms with van der Waals surface area (Å²) in [5.41, 5.74) is 1.58. The lowest BCUT2D eigenvalue weighted by molar-refractivity contribution is 0.190. The molecule has 96 valence electrons. The number of ether oxygens (including phenoxy) is 1. The highest BCUT2D eigenvalue weighted by Crippen LogP contribution is 2.28. The van der Waals surface area contributed by atoms with Crippen molar-refractivity contribution < 1.29 is 9.84 Å². The summed E-state index contributed by atoms with van der Waals surface area (Å²) >= 11 is 7.49. The Morgan fingerprint density at radius 2 is 2.28 bits per heavy atom. The third kappa shape index (κ3) is 3.22. The molecule has 2 rings (SSSR count). The molecule has 0 spiro atoms. The van der Waals surface area contributed by atoms with Gasteiger partial charge in [0.1, 0.15) is 12.4 Å². The highest BCUT2D eigenvalue weighted by Gasteiger charge is 2.10. The average Bonchev–Trinajstić information content (AvgIpc) is 2.73. The lowest BCUT2D eigenvalue weighted by Crippen LogP contribution is -2.01. The van der Waals surface area contributed by atoms with Crippen LogP contribution < -0.4 is 4.74 Å². The van der Waals surface area contributed by atoms with Crippen molar-refractivity contribution in [2.75, 3.05) is 0 Å². The van der Waals surface area contributed by atoms with Gasteiger partial charge >= 0.3 is 0 Å². The SMILES string of the molecule is Cc1nc(COc2ccc(Cl)cc2C(C)O)cs1. The summed E-state index contributed by atoms with van der Waals surface area (Å²) in [4.78, 5) is 4.32. The summed E-state index contributed by atoms with van der Waals surface area (Å²) in [7, 11) is 0. The van der Waals surface area contributed by atoms with Gasteiger partial charge in [0.25, 0.3) is 0 Å². The third-order valence-electron chi connectivity index (χ3n) is 2.46. The fraction of sp³-hybridized carbons (Fsp3) is 0.308. The predicted octanol–water partition coefficient (Wildman–Crippen LogP) is 3.74. The van der Waals surface area contributed by atoms with Crippen molar-refractivity contribution in [3.63, 3.8) is 0 Å². The van der Waals surface area contributed by atoms with Crippen molar-refractivity contribution in [1.82, 2.24) is 4.98 Å². The number of hydrogen-bond acceptors (Lipinski definition) is 4. The zero-order valence-corrected chi connectivity index (χ0v) is 11.8. The van der Waals surface area contributed by atoms with Gasteiger partial charge in [-0.25, -0.2) is 4.98 Å². The largest absolute Gasteiger partial charge is 0.487 e. The van der Waals surface area contributed by atoms with Crippen LogP contribution in [0.15, 0.2) is 23.6 Å². The standard InChI is InChI=1S/C13H14ClNO2S/c1-8(16)12-5-10(14)3-4-13(12)17-6-11-7-18-9(2)15-11/h3-5,7-8,16H,6H2,1-2H3. The van der Waals surface area contributed by atoms with E-state index in [0.717, 1.165) is 10.7 Å². The molecule has 0 radical (unpaired) electrons. The number of halogens is 1. The Hall–Kier alpha value is -1.10. The molecular formula is C13H14ClNO2S. The Balaban J connectivity index is 2.13. The lowest BCUT2D eigenvalue weighted by atomic mass is 10.1. The van der Waals surface area contributed by atoms with Crippen molar-refractivity contribution >= 4 is 22.9 Å². The van der Waals surface area contributed by atoms with Gasteiger partial charge in [-0.15, -0.1) is 11.3 Å². The normalized spacial score (nSPS) is 12.4. The first kappa shape index (κ1) is 13.3. The molecule has 1 N–H and O–H groups in total. The molecule has 0 aliphatic carbocycles. The van der Waals surface area contributed by atoms with Gasteiger partial charge in [0.2, 0.25) is 0 Å². The monoisotopic (exact) mass is 283 g/mol. The van der Waals surface area contributed by atoms with Crippen LogP contribution >= 0.6 is 22.9 Å². The van der Waals surface area contributed by atoms with E-state index in [1.165, 1.54) is 0 Å². The van der Waals surface area contributed by atoms with Crippen molar-refractivity contribution in [2.45, 2.75) is 26.6 Å². The molecule has 1 aromatic carbocycles. The number of benzene rings is 1. The topological polar surface area (TPSA) is 42.4 Å². The number of rotatable bonds is 4. The molecule has 0 saturated carbocycles. The first-order chi connectivity index (χ1) is 8.56. The van der Waals surface area contributed by atoms with Gasteiger partial charge in [-0.2, -0.15) is 0 Å². The number of hydrogen-bond donors (Lipinski definition) is 1. The van der Waals surface area contributed by atoms with Crippen LogP contribution in [0, 0.1) is 6.92 Å². The number of aliphatic hydroxyl groups excluding tert-OH is 1. The molecule has 0 aliphatic heterocycles. The molecular weight excluding hydrogens is 270 g/mol. The molecule has 2 aromatic rings. The Morgan fingerprint density at radius 1 is 1.50 bits per heavy atom. The molecule has 1 aromatic heterocycles. The Bertz CT molecular complexity index is 540. The molecule has 1 unspecified atom stereocenters. The maximum Gasteiger partial charge on any atom is 0.131 e. The lowest BCUT2D eigenvalue weighted by Gasteiger charge is -2.13. The number of nitrogens with zero attached hydrogens (tertiary/aromatic N) is 1. The van der Waals surface area contributed by atoms with Crippen LogP contribution in [-0.2, 0) is 6.61 Å². The van der Waals surface area contributed by atoms with Gasteiger partial charge in [-0.1, -0.05) is 11.6 Å². The fourth-order valence-corrected chi connectivity index (χ4v) is 2.38. The van der Waals surface area contributed by atoms with Crippen molar-refractivity contribution in [2.24, 2.45) is 0 Å². The van der Waals surface area contributed by atoms with Gasteiger partial charge in [0.05, 0.1) is 16.8 Å². The minimum atomic E-state index is -0.615. The summed E-state index contributed by atoms with van der Waals surface area (Å²) in [6.07, 6.45) is -0.615. The van der Waals surface area contributed by atoms with Crippen LogP contribution in [0.5, 0.6) is 5.75 Å². The molecule has 0 aliphatic rings. The Morgan fingerprint density at radius 3 is 2.89 bits per heavy atom. The van der Waals surface area contributed by atoms with E-state index in [9.17, 15) is 5.11 Å². The Labute approximate surface area is 115 Å². The highest BCUT2D eigenvalue weighted by atomic mass is 35.5.